The lowest BCUT2D eigenvalue weighted by Crippen LogP contribution is -2.45. The van der Waals surface area contributed by atoms with Crippen molar-refractivity contribution in [1.29, 1.82) is 0 Å². The standard InChI is InChI=1S/C17H32N2O3/c1-6-8-17(22,9-7-2)11-14(20)18-13-10-15(21)19(12-13)16(3,4)5/h13,22H,6-12H2,1-5H3,(H,18,20). The van der Waals surface area contributed by atoms with E-state index in [0.717, 1.165) is 12.8 Å². The van der Waals surface area contributed by atoms with Crippen LogP contribution in [0.15, 0.2) is 0 Å². The first kappa shape index (κ1) is 18.9. The highest BCUT2D eigenvalue weighted by atomic mass is 16.3. The van der Waals surface area contributed by atoms with E-state index in [2.05, 4.69) is 5.32 Å². The molecule has 0 aromatic rings. The van der Waals surface area contributed by atoms with Gasteiger partial charge < -0.3 is 15.3 Å². The first-order valence-corrected chi connectivity index (χ1v) is 8.43. The molecular weight excluding hydrogens is 280 g/mol. The van der Waals surface area contributed by atoms with Gasteiger partial charge in [0.25, 0.3) is 0 Å². The van der Waals surface area contributed by atoms with E-state index in [-0.39, 0.29) is 29.8 Å². The Kier molecular flexibility index (Phi) is 6.41. The zero-order chi connectivity index (χ0) is 17.0. The molecule has 2 amide bonds. The van der Waals surface area contributed by atoms with E-state index in [1.807, 2.05) is 39.5 Å². The van der Waals surface area contributed by atoms with E-state index in [9.17, 15) is 14.7 Å². The molecule has 0 aliphatic carbocycles. The van der Waals surface area contributed by atoms with Crippen molar-refractivity contribution in [3.63, 3.8) is 0 Å². The van der Waals surface area contributed by atoms with Crippen molar-refractivity contribution < 1.29 is 14.7 Å². The summed E-state index contributed by atoms with van der Waals surface area (Å²) >= 11 is 0. The number of aliphatic hydroxyl groups is 1. The number of nitrogens with one attached hydrogen (secondary N) is 1. The molecule has 0 aromatic heterocycles. The fraction of sp³-hybridized carbons (Fsp3) is 0.882. The van der Waals surface area contributed by atoms with Crippen LogP contribution in [0.1, 0.15) is 73.1 Å². The molecule has 1 aliphatic rings. The summed E-state index contributed by atoms with van der Waals surface area (Å²) in [5.41, 5.74) is -1.14. The average Bonchev–Trinajstić information content (AvgIpc) is 2.69. The number of carbonyl (C=O) groups is 2. The van der Waals surface area contributed by atoms with Gasteiger partial charge in [0, 0.05) is 18.5 Å². The van der Waals surface area contributed by atoms with Gasteiger partial charge in [-0.3, -0.25) is 9.59 Å². The molecule has 128 valence electrons. The van der Waals surface area contributed by atoms with Crippen molar-refractivity contribution in [1.82, 2.24) is 10.2 Å². The highest BCUT2D eigenvalue weighted by molar-refractivity contribution is 5.83. The summed E-state index contributed by atoms with van der Waals surface area (Å²) in [7, 11) is 0. The molecule has 2 N–H and O–H groups in total. The lowest BCUT2D eigenvalue weighted by atomic mass is 9.89. The average molecular weight is 312 g/mol. The van der Waals surface area contributed by atoms with Crippen LogP contribution in [0.5, 0.6) is 0 Å². The molecule has 0 radical (unpaired) electrons. The Morgan fingerprint density at radius 1 is 1.27 bits per heavy atom. The number of carbonyl (C=O) groups excluding carboxylic acids is 2. The number of amides is 2. The molecule has 1 fully saturated rings. The highest BCUT2D eigenvalue weighted by Crippen LogP contribution is 2.25. The third kappa shape index (κ3) is 5.27. The Bertz CT molecular complexity index is 395. The van der Waals surface area contributed by atoms with Crippen LogP contribution in [0, 0.1) is 0 Å². The molecule has 22 heavy (non-hydrogen) atoms. The maximum Gasteiger partial charge on any atom is 0.225 e. The van der Waals surface area contributed by atoms with E-state index in [1.165, 1.54) is 0 Å². The highest BCUT2D eigenvalue weighted by Gasteiger charge is 2.37. The van der Waals surface area contributed by atoms with E-state index in [1.54, 1.807) is 0 Å². The van der Waals surface area contributed by atoms with Crippen molar-refractivity contribution in [2.24, 2.45) is 0 Å². The lowest BCUT2D eigenvalue weighted by molar-refractivity contribution is -0.131. The fourth-order valence-electron chi connectivity index (χ4n) is 3.26. The number of hydrogen-bond acceptors (Lipinski definition) is 3. The Hall–Kier alpha value is -1.10. The van der Waals surface area contributed by atoms with E-state index in [4.69, 9.17) is 0 Å². The molecule has 1 atom stereocenters. The second-order valence-electron chi connectivity index (χ2n) is 7.54. The maximum absolute atomic E-state index is 12.2. The molecule has 0 spiro atoms. The molecule has 0 aromatic carbocycles. The Labute approximate surface area is 134 Å². The minimum absolute atomic E-state index is 0.0789. The molecule has 0 bridgehead atoms. The third-order valence-electron chi connectivity index (χ3n) is 4.22. The van der Waals surface area contributed by atoms with Crippen molar-refractivity contribution in [3.05, 3.63) is 0 Å². The summed E-state index contributed by atoms with van der Waals surface area (Å²) in [5, 5.41) is 13.5. The summed E-state index contributed by atoms with van der Waals surface area (Å²) in [4.78, 5) is 26.1. The predicted octanol–water partition coefficient (Wildman–Crippen LogP) is 2.22. The largest absolute Gasteiger partial charge is 0.389 e. The van der Waals surface area contributed by atoms with Crippen LogP contribution < -0.4 is 5.32 Å². The van der Waals surface area contributed by atoms with Crippen LogP contribution in [-0.4, -0.2) is 45.5 Å². The van der Waals surface area contributed by atoms with Gasteiger partial charge >= 0.3 is 0 Å². The Morgan fingerprint density at radius 3 is 2.23 bits per heavy atom. The summed E-state index contributed by atoms with van der Waals surface area (Å²) < 4.78 is 0. The second kappa shape index (κ2) is 7.44. The van der Waals surface area contributed by atoms with E-state index in [0.29, 0.717) is 25.8 Å². The summed E-state index contributed by atoms with van der Waals surface area (Å²) in [6, 6.07) is -0.147. The minimum atomic E-state index is -0.917. The zero-order valence-corrected chi connectivity index (χ0v) is 14.7. The maximum atomic E-state index is 12.2. The number of nitrogens with zero attached hydrogens (tertiary/aromatic N) is 1. The molecular formula is C17H32N2O3. The van der Waals surface area contributed by atoms with Gasteiger partial charge in [-0.1, -0.05) is 26.7 Å². The number of rotatable bonds is 7. The van der Waals surface area contributed by atoms with Crippen molar-refractivity contribution in [2.45, 2.75) is 90.3 Å². The Balaban J connectivity index is 2.57. The summed E-state index contributed by atoms with van der Waals surface area (Å²) in [6.45, 7) is 10.6. The third-order valence-corrected chi connectivity index (χ3v) is 4.22. The van der Waals surface area contributed by atoms with Crippen molar-refractivity contribution in [3.8, 4) is 0 Å². The summed E-state index contributed by atoms with van der Waals surface area (Å²) in [6.07, 6.45) is 3.43. The molecule has 5 nitrogen and oxygen atoms in total. The van der Waals surface area contributed by atoms with Gasteiger partial charge in [-0.05, 0) is 33.6 Å². The molecule has 1 heterocycles. The van der Waals surface area contributed by atoms with Crippen molar-refractivity contribution in [2.75, 3.05) is 6.54 Å². The smallest absolute Gasteiger partial charge is 0.225 e. The van der Waals surface area contributed by atoms with Gasteiger partial charge in [-0.15, -0.1) is 0 Å². The number of likely N-dealkylation sites (tertiary alicyclic amines) is 1. The quantitative estimate of drug-likeness (QED) is 0.757. The second-order valence-corrected chi connectivity index (χ2v) is 7.54. The van der Waals surface area contributed by atoms with Crippen LogP contribution in [-0.2, 0) is 9.59 Å². The van der Waals surface area contributed by atoms with Crippen molar-refractivity contribution >= 4 is 11.8 Å². The van der Waals surface area contributed by atoms with Gasteiger partial charge in [0.15, 0.2) is 0 Å². The van der Waals surface area contributed by atoms with E-state index >= 15 is 0 Å². The molecule has 1 rings (SSSR count). The van der Waals surface area contributed by atoms with Crippen LogP contribution in [0.25, 0.3) is 0 Å². The first-order chi connectivity index (χ1) is 10.1. The SMILES string of the molecule is CCCC(O)(CCC)CC(=O)NC1CC(=O)N(C(C)(C)C)C1. The minimum Gasteiger partial charge on any atom is -0.389 e. The van der Waals surface area contributed by atoms with Gasteiger partial charge in [0.2, 0.25) is 11.8 Å². The zero-order valence-electron chi connectivity index (χ0n) is 14.7. The Morgan fingerprint density at radius 2 is 1.82 bits per heavy atom. The van der Waals surface area contributed by atoms with Crippen LogP contribution in [0.2, 0.25) is 0 Å². The van der Waals surface area contributed by atoms with Gasteiger partial charge in [0.05, 0.1) is 18.1 Å². The topological polar surface area (TPSA) is 69.6 Å². The first-order valence-electron chi connectivity index (χ1n) is 8.43. The lowest BCUT2D eigenvalue weighted by Gasteiger charge is -2.32. The summed E-state index contributed by atoms with van der Waals surface area (Å²) in [5.74, 6) is -0.0758. The monoisotopic (exact) mass is 312 g/mol. The van der Waals surface area contributed by atoms with Gasteiger partial charge in [-0.25, -0.2) is 0 Å². The van der Waals surface area contributed by atoms with E-state index < -0.39 is 5.60 Å². The fourth-order valence-corrected chi connectivity index (χ4v) is 3.26. The van der Waals surface area contributed by atoms with Crippen LogP contribution >= 0.6 is 0 Å². The van der Waals surface area contributed by atoms with Gasteiger partial charge in [0.1, 0.15) is 0 Å². The molecule has 1 aliphatic heterocycles. The number of hydrogen-bond donors (Lipinski definition) is 2. The molecule has 1 unspecified atom stereocenters. The molecule has 5 heteroatoms. The normalized spacial score (nSPS) is 19.6. The van der Waals surface area contributed by atoms with Crippen LogP contribution in [0.3, 0.4) is 0 Å². The predicted molar refractivity (Wildman–Crippen MR) is 87.4 cm³/mol. The van der Waals surface area contributed by atoms with Gasteiger partial charge in [-0.2, -0.15) is 0 Å². The van der Waals surface area contributed by atoms with Crippen LogP contribution in [0.4, 0.5) is 0 Å². The molecule has 0 saturated carbocycles. The molecule has 1 saturated heterocycles.